The number of rotatable bonds is 2. The molecule has 60 valence electrons. The van der Waals surface area contributed by atoms with Gasteiger partial charge in [0.25, 0.3) is 0 Å². The Bertz CT molecular complexity index is 269. The third-order valence-corrected chi connectivity index (χ3v) is 1.36. The van der Waals surface area contributed by atoms with Gasteiger partial charge in [-0.15, -0.1) is 0 Å². The highest BCUT2D eigenvalue weighted by atomic mass is 16.4. The van der Waals surface area contributed by atoms with Crippen molar-refractivity contribution in [2.24, 2.45) is 0 Å². The number of aliphatic hydroxyl groups is 1. The van der Waals surface area contributed by atoms with Crippen LogP contribution in [0.3, 0.4) is 0 Å². The van der Waals surface area contributed by atoms with Crippen LogP contribution in [0.4, 0.5) is 0 Å². The maximum absolute atomic E-state index is 10.2. The maximum Gasteiger partial charge on any atom is 0.338 e. The summed E-state index contributed by atoms with van der Waals surface area (Å²) in [7, 11) is 0. The highest BCUT2D eigenvalue weighted by molar-refractivity contribution is 5.73. The SMILES string of the molecule is Cc1[nH]cnc1C(O)C(=O)O. The summed E-state index contributed by atoms with van der Waals surface area (Å²) < 4.78 is 0. The van der Waals surface area contributed by atoms with Crippen LogP contribution in [-0.4, -0.2) is 26.2 Å². The van der Waals surface area contributed by atoms with Gasteiger partial charge in [-0.1, -0.05) is 0 Å². The minimum absolute atomic E-state index is 0.164. The van der Waals surface area contributed by atoms with E-state index in [-0.39, 0.29) is 5.69 Å². The number of carbonyl (C=O) groups is 1. The van der Waals surface area contributed by atoms with Gasteiger partial charge < -0.3 is 15.2 Å². The third kappa shape index (κ3) is 1.38. The summed E-state index contributed by atoms with van der Waals surface area (Å²) in [5, 5.41) is 17.4. The molecule has 0 aliphatic rings. The first kappa shape index (κ1) is 7.74. The molecule has 5 nitrogen and oxygen atoms in total. The molecule has 0 amide bonds. The third-order valence-electron chi connectivity index (χ3n) is 1.36. The standard InChI is InChI=1S/C6H8N2O3/c1-3-4(8-2-7-3)5(9)6(10)11/h2,5,9H,1H3,(H,7,8)(H,10,11). The monoisotopic (exact) mass is 156 g/mol. The fraction of sp³-hybridized carbons (Fsp3) is 0.333. The topological polar surface area (TPSA) is 86.2 Å². The Kier molecular flexibility index (Phi) is 1.91. The number of hydrogen-bond acceptors (Lipinski definition) is 3. The summed E-state index contributed by atoms with van der Waals surface area (Å²) in [6.45, 7) is 1.65. The molecule has 5 heteroatoms. The molecule has 11 heavy (non-hydrogen) atoms. The van der Waals surface area contributed by atoms with Crippen LogP contribution in [0.1, 0.15) is 17.5 Å². The Hall–Kier alpha value is -1.36. The minimum atomic E-state index is -1.53. The van der Waals surface area contributed by atoms with Gasteiger partial charge in [-0.05, 0) is 6.92 Å². The van der Waals surface area contributed by atoms with Crippen LogP contribution in [0.2, 0.25) is 0 Å². The first-order valence-corrected chi connectivity index (χ1v) is 3.03. The second-order valence-corrected chi connectivity index (χ2v) is 2.15. The first-order chi connectivity index (χ1) is 5.13. The van der Waals surface area contributed by atoms with Crippen molar-refractivity contribution in [3.8, 4) is 0 Å². The Morgan fingerprint density at radius 2 is 2.45 bits per heavy atom. The summed E-state index contributed by atoms with van der Waals surface area (Å²) >= 11 is 0. The molecule has 0 spiro atoms. The molecule has 1 heterocycles. The van der Waals surface area contributed by atoms with E-state index in [4.69, 9.17) is 10.2 Å². The molecule has 3 N–H and O–H groups in total. The van der Waals surface area contributed by atoms with Gasteiger partial charge >= 0.3 is 5.97 Å². The average Bonchev–Trinajstić information content (AvgIpc) is 2.33. The van der Waals surface area contributed by atoms with Crippen molar-refractivity contribution in [3.05, 3.63) is 17.7 Å². The molecular weight excluding hydrogens is 148 g/mol. The number of aromatic amines is 1. The number of aliphatic carboxylic acids is 1. The lowest BCUT2D eigenvalue weighted by atomic mass is 10.2. The van der Waals surface area contributed by atoms with Crippen LogP contribution < -0.4 is 0 Å². The molecular formula is C6H8N2O3. The predicted octanol–water partition coefficient (Wildman–Crippen LogP) is -0.164. The Balaban J connectivity index is 2.92. The zero-order valence-corrected chi connectivity index (χ0v) is 5.90. The average molecular weight is 156 g/mol. The van der Waals surface area contributed by atoms with E-state index in [2.05, 4.69) is 9.97 Å². The summed E-state index contributed by atoms with van der Waals surface area (Å²) in [5.41, 5.74) is 0.734. The van der Waals surface area contributed by atoms with E-state index in [9.17, 15) is 4.79 Å². The largest absolute Gasteiger partial charge is 0.479 e. The van der Waals surface area contributed by atoms with E-state index in [0.717, 1.165) is 0 Å². The molecule has 0 aliphatic carbocycles. The van der Waals surface area contributed by atoms with E-state index in [0.29, 0.717) is 5.69 Å². The van der Waals surface area contributed by atoms with E-state index in [1.165, 1.54) is 6.33 Å². The van der Waals surface area contributed by atoms with Crippen LogP contribution in [0.25, 0.3) is 0 Å². The summed E-state index contributed by atoms with van der Waals surface area (Å²) in [6, 6.07) is 0. The van der Waals surface area contributed by atoms with Crippen LogP contribution in [0.5, 0.6) is 0 Å². The molecule has 1 rings (SSSR count). The lowest BCUT2D eigenvalue weighted by Gasteiger charge is -2.01. The lowest BCUT2D eigenvalue weighted by Crippen LogP contribution is -2.11. The van der Waals surface area contributed by atoms with Gasteiger partial charge in [0.1, 0.15) is 5.69 Å². The van der Waals surface area contributed by atoms with Gasteiger partial charge in [0, 0.05) is 5.69 Å². The highest BCUT2D eigenvalue weighted by Gasteiger charge is 2.19. The quantitative estimate of drug-likeness (QED) is 0.555. The summed E-state index contributed by atoms with van der Waals surface area (Å²) in [6.07, 6.45) is -0.183. The number of aliphatic hydroxyl groups excluding tert-OH is 1. The number of nitrogens with zero attached hydrogens (tertiary/aromatic N) is 1. The van der Waals surface area contributed by atoms with Crippen molar-refractivity contribution in [1.29, 1.82) is 0 Å². The highest BCUT2D eigenvalue weighted by Crippen LogP contribution is 2.12. The lowest BCUT2D eigenvalue weighted by molar-refractivity contribution is -0.147. The van der Waals surface area contributed by atoms with E-state index < -0.39 is 12.1 Å². The second-order valence-electron chi connectivity index (χ2n) is 2.15. The predicted molar refractivity (Wildman–Crippen MR) is 35.9 cm³/mol. The molecule has 1 aromatic rings. The van der Waals surface area contributed by atoms with Crippen LogP contribution in [0.15, 0.2) is 6.33 Å². The van der Waals surface area contributed by atoms with Crippen molar-refractivity contribution in [2.45, 2.75) is 13.0 Å². The van der Waals surface area contributed by atoms with E-state index in [1.807, 2.05) is 0 Å². The first-order valence-electron chi connectivity index (χ1n) is 3.03. The normalized spacial score (nSPS) is 12.9. The van der Waals surface area contributed by atoms with E-state index in [1.54, 1.807) is 6.92 Å². The van der Waals surface area contributed by atoms with Crippen LogP contribution in [-0.2, 0) is 4.79 Å². The van der Waals surface area contributed by atoms with E-state index >= 15 is 0 Å². The van der Waals surface area contributed by atoms with Crippen molar-refractivity contribution in [1.82, 2.24) is 9.97 Å². The molecule has 1 atom stereocenters. The second kappa shape index (κ2) is 2.71. The smallest absolute Gasteiger partial charge is 0.338 e. The molecule has 1 unspecified atom stereocenters. The summed E-state index contributed by atoms with van der Waals surface area (Å²) in [5.74, 6) is -1.29. The number of nitrogens with one attached hydrogen (secondary N) is 1. The van der Waals surface area contributed by atoms with Gasteiger partial charge in [0.05, 0.1) is 6.33 Å². The fourth-order valence-electron chi connectivity index (χ4n) is 0.762. The van der Waals surface area contributed by atoms with Gasteiger partial charge in [-0.25, -0.2) is 9.78 Å². The number of aromatic nitrogens is 2. The van der Waals surface area contributed by atoms with Crippen molar-refractivity contribution in [2.75, 3.05) is 0 Å². The zero-order valence-electron chi connectivity index (χ0n) is 5.90. The fourth-order valence-corrected chi connectivity index (χ4v) is 0.762. The Labute approximate surface area is 62.7 Å². The number of hydrogen-bond donors (Lipinski definition) is 3. The number of carboxylic acids is 1. The van der Waals surface area contributed by atoms with Gasteiger partial charge in [-0.2, -0.15) is 0 Å². The molecule has 0 fully saturated rings. The molecule has 0 radical (unpaired) electrons. The van der Waals surface area contributed by atoms with Crippen molar-refractivity contribution in [3.63, 3.8) is 0 Å². The molecule has 1 aromatic heterocycles. The van der Waals surface area contributed by atoms with Crippen molar-refractivity contribution < 1.29 is 15.0 Å². The Morgan fingerprint density at radius 3 is 2.82 bits per heavy atom. The van der Waals surface area contributed by atoms with Crippen molar-refractivity contribution >= 4 is 5.97 Å². The van der Waals surface area contributed by atoms with Crippen LogP contribution >= 0.6 is 0 Å². The number of carboxylic acid groups (broad SMARTS) is 1. The van der Waals surface area contributed by atoms with Gasteiger partial charge in [-0.3, -0.25) is 0 Å². The summed E-state index contributed by atoms with van der Waals surface area (Å²) in [4.78, 5) is 16.6. The maximum atomic E-state index is 10.2. The Morgan fingerprint density at radius 1 is 1.82 bits per heavy atom. The number of H-pyrrole nitrogens is 1. The van der Waals surface area contributed by atoms with Gasteiger partial charge in [0.15, 0.2) is 6.10 Å². The zero-order chi connectivity index (χ0) is 8.43. The molecule has 0 bridgehead atoms. The van der Waals surface area contributed by atoms with Gasteiger partial charge in [0.2, 0.25) is 0 Å². The van der Waals surface area contributed by atoms with Crippen LogP contribution in [0, 0.1) is 6.92 Å². The number of aryl methyl sites for hydroxylation is 1. The molecule has 0 saturated heterocycles. The molecule has 0 aromatic carbocycles. The number of imidazole rings is 1. The molecule has 0 saturated carbocycles. The molecule has 0 aliphatic heterocycles. The minimum Gasteiger partial charge on any atom is -0.479 e.